The molecule has 0 aliphatic carbocycles. The molecule has 25 heavy (non-hydrogen) atoms. The smallest absolute Gasteiger partial charge is 0.333 e. The van der Waals surface area contributed by atoms with E-state index < -0.39 is 24.0 Å². The van der Waals surface area contributed by atoms with E-state index in [9.17, 15) is 14.4 Å². The molecule has 0 aromatic heterocycles. The molecule has 0 bridgehead atoms. The van der Waals surface area contributed by atoms with Crippen LogP contribution in [0.4, 0.5) is 0 Å². The Bertz CT molecular complexity index is 732. The van der Waals surface area contributed by atoms with Gasteiger partial charge in [-0.15, -0.1) is 0 Å². The summed E-state index contributed by atoms with van der Waals surface area (Å²) in [6.07, 6.45) is 0. The molecule has 0 saturated heterocycles. The summed E-state index contributed by atoms with van der Waals surface area (Å²) in [5.74, 6) is -1.44. The van der Waals surface area contributed by atoms with Gasteiger partial charge in [-0.25, -0.2) is 4.79 Å². The molecule has 2 rings (SSSR count). The van der Waals surface area contributed by atoms with Crippen molar-refractivity contribution in [2.75, 3.05) is 7.11 Å². The molecule has 0 radical (unpaired) electrons. The molecular formula is C19H20N2O4. The second-order valence-corrected chi connectivity index (χ2v) is 5.42. The van der Waals surface area contributed by atoms with Gasteiger partial charge in [0, 0.05) is 6.92 Å². The Labute approximate surface area is 146 Å². The molecule has 2 unspecified atom stereocenters. The van der Waals surface area contributed by atoms with Gasteiger partial charge in [-0.1, -0.05) is 60.7 Å². The average molecular weight is 340 g/mol. The lowest BCUT2D eigenvalue weighted by atomic mass is 10.0. The molecule has 6 heteroatoms. The predicted molar refractivity (Wildman–Crippen MR) is 92.3 cm³/mol. The predicted octanol–water partition coefficient (Wildman–Crippen LogP) is 1.89. The third kappa shape index (κ3) is 4.91. The molecule has 0 spiro atoms. The number of carbonyl (C=O) groups excluding carboxylic acids is 3. The zero-order valence-electron chi connectivity index (χ0n) is 14.1. The lowest BCUT2D eigenvalue weighted by molar-refractivity contribution is -0.145. The summed E-state index contributed by atoms with van der Waals surface area (Å²) in [6, 6.07) is 15.7. The highest BCUT2D eigenvalue weighted by atomic mass is 16.5. The first-order valence-electron chi connectivity index (χ1n) is 7.78. The van der Waals surface area contributed by atoms with E-state index in [1.165, 1.54) is 14.0 Å². The van der Waals surface area contributed by atoms with Crippen LogP contribution >= 0.6 is 0 Å². The van der Waals surface area contributed by atoms with Gasteiger partial charge in [0.1, 0.15) is 6.04 Å². The van der Waals surface area contributed by atoms with Crippen molar-refractivity contribution in [3.05, 3.63) is 71.8 Å². The summed E-state index contributed by atoms with van der Waals surface area (Å²) in [7, 11) is 1.26. The summed E-state index contributed by atoms with van der Waals surface area (Å²) >= 11 is 0. The van der Waals surface area contributed by atoms with Crippen molar-refractivity contribution in [2.45, 2.75) is 19.0 Å². The summed E-state index contributed by atoms with van der Waals surface area (Å²) in [5.41, 5.74) is 1.21. The molecular weight excluding hydrogens is 320 g/mol. The highest BCUT2D eigenvalue weighted by Crippen LogP contribution is 2.18. The number of rotatable bonds is 6. The standard InChI is InChI=1S/C19H20N2O4/c1-13(22)20-16(14-9-5-3-6-10-14)18(23)21-17(19(24)25-2)15-11-7-4-8-12-15/h3-12,16-17H,1-2H3,(H,20,22)(H,21,23). The maximum Gasteiger partial charge on any atom is 0.333 e. The average Bonchev–Trinajstić information content (AvgIpc) is 2.64. The van der Waals surface area contributed by atoms with Crippen LogP contribution in [0.15, 0.2) is 60.7 Å². The van der Waals surface area contributed by atoms with Crippen molar-refractivity contribution < 1.29 is 19.1 Å². The molecule has 0 aliphatic rings. The highest BCUT2D eigenvalue weighted by molar-refractivity contribution is 5.91. The van der Waals surface area contributed by atoms with E-state index >= 15 is 0 Å². The van der Waals surface area contributed by atoms with Crippen LogP contribution in [0.2, 0.25) is 0 Å². The van der Waals surface area contributed by atoms with Gasteiger partial charge < -0.3 is 15.4 Å². The monoisotopic (exact) mass is 340 g/mol. The minimum absolute atomic E-state index is 0.349. The molecule has 2 N–H and O–H groups in total. The Balaban J connectivity index is 2.28. The summed E-state index contributed by atoms with van der Waals surface area (Å²) in [4.78, 5) is 36.3. The Hall–Kier alpha value is -3.15. The number of amides is 2. The molecule has 0 heterocycles. The summed E-state index contributed by atoms with van der Waals surface area (Å²) in [5, 5.41) is 5.27. The van der Waals surface area contributed by atoms with E-state index in [1.807, 2.05) is 12.1 Å². The maximum absolute atomic E-state index is 12.7. The number of hydrogen-bond donors (Lipinski definition) is 2. The minimum Gasteiger partial charge on any atom is -0.467 e. The third-order valence-corrected chi connectivity index (χ3v) is 3.60. The number of nitrogens with one attached hydrogen (secondary N) is 2. The zero-order chi connectivity index (χ0) is 18.2. The molecule has 0 aliphatic heterocycles. The van der Waals surface area contributed by atoms with E-state index in [2.05, 4.69) is 10.6 Å². The molecule has 130 valence electrons. The van der Waals surface area contributed by atoms with E-state index in [0.29, 0.717) is 11.1 Å². The van der Waals surface area contributed by atoms with Gasteiger partial charge in [0.15, 0.2) is 6.04 Å². The Morgan fingerprint density at radius 1 is 0.800 bits per heavy atom. The first-order valence-corrected chi connectivity index (χ1v) is 7.78. The van der Waals surface area contributed by atoms with Crippen molar-refractivity contribution in [1.82, 2.24) is 10.6 Å². The van der Waals surface area contributed by atoms with E-state index in [1.54, 1.807) is 48.5 Å². The van der Waals surface area contributed by atoms with Gasteiger partial charge in [-0.2, -0.15) is 0 Å². The molecule has 2 aromatic carbocycles. The maximum atomic E-state index is 12.7. The molecule has 2 aromatic rings. The van der Waals surface area contributed by atoms with E-state index in [4.69, 9.17) is 4.74 Å². The van der Waals surface area contributed by atoms with Gasteiger partial charge in [0.2, 0.25) is 11.8 Å². The lowest BCUT2D eigenvalue weighted by Crippen LogP contribution is -2.43. The summed E-state index contributed by atoms with van der Waals surface area (Å²) in [6.45, 7) is 1.33. The number of carbonyl (C=O) groups is 3. The van der Waals surface area contributed by atoms with Crippen molar-refractivity contribution >= 4 is 17.8 Å². The highest BCUT2D eigenvalue weighted by Gasteiger charge is 2.28. The summed E-state index contributed by atoms with van der Waals surface area (Å²) < 4.78 is 4.79. The topological polar surface area (TPSA) is 84.5 Å². The van der Waals surface area contributed by atoms with Gasteiger partial charge >= 0.3 is 5.97 Å². The number of methoxy groups -OCH3 is 1. The van der Waals surface area contributed by atoms with Crippen molar-refractivity contribution in [2.24, 2.45) is 0 Å². The lowest BCUT2D eigenvalue weighted by Gasteiger charge is -2.22. The SMILES string of the molecule is COC(=O)C(NC(=O)C(NC(C)=O)c1ccccc1)c1ccccc1. The van der Waals surface area contributed by atoms with E-state index in [-0.39, 0.29) is 5.91 Å². The van der Waals surface area contributed by atoms with Gasteiger partial charge in [-0.3, -0.25) is 9.59 Å². The normalized spacial score (nSPS) is 12.6. The first kappa shape index (κ1) is 18.2. The molecule has 2 atom stereocenters. The van der Waals surface area contributed by atoms with Crippen LogP contribution in [0.25, 0.3) is 0 Å². The van der Waals surface area contributed by atoms with Gasteiger partial charge in [0.05, 0.1) is 7.11 Å². The molecule has 6 nitrogen and oxygen atoms in total. The molecule has 0 saturated carbocycles. The van der Waals surface area contributed by atoms with Crippen LogP contribution in [0.1, 0.15) is 30.1 Å². The number of benzene rings is 2. The quantitative estimate of drug-likeness (QED) is 0.787. The molecule has 2 amide bonds. The Morgan fingerprint density at radius 2 is 1.28 bits per heavy atom. The second-order valence-electron chi connectivity index (χ2n) is 5.42. The van der Waals surface area contributed by atoms with Crippen LogP contribution in [-0.2, 0) is 19.1 Å². The third-order valence-electron chi connectivity index (χ3n) is 3.60. The zero-order valence-corrected chi connectivity index (χ0v) is 14.1. The van der Waals surface area contributed by atoms with E-state index in [0.717, 1.165) is 0 Å². The van der Waals surface area contributed by atoms with Crippen LogP contribution < -0.4 is 10.6 Å². The number of esters is 1. The van der Waals surface area contributed by atoms with Crippen molar-refractivity contribution in [3.63, 3.8) is 0 Å². The van der Waals surface area contributed by atoms with Crippen LogP contribution in [0.3, 0.4) is 0 Å². The fourth-order valence-electron chi connectivity index (χ4n) is 2.42. The largest absolute Gasteiger partial charge is 0.467 e. The van der Waals surface area contributed by atoms with Crippen molar-refractivity contribution in [3.8, 4) is 0 Å². The fraction of sp³-hybridized carbons (Fsp3) is 0.211. The van der Waals surface area contributed by atoms with Gasteiger partial charge in [-0.05, 0) is 11.1 Å². The number of hydrogen-bond acceptors (Lipinski definition) is 4. The van der Waals surface area contributed by atoms with Gasteiger partial charge in [0.25, 0.3) is 0 Å². The first-order chi connectivity index (χ1) is 12.0. The molecule has 0 fully saturated rings. The Morgan fingerprint density at radius 3 is 1.72 bits per heavy atom. The second kappa shape index (κ2) is 8.63. The number of ether oxygens (including phenoxy) is 1. The van der Waals surface area contributed by atoms with Crippen LogP contribution in [-0.4, -0.2) is 24.9 Å². The van der Waals surface area contributed by atoms with Crippen LogP contribution in [0, 0.1) is 0 Å². The minimum atomic E-state index is -0.960. The fourth-order valence-corrected chi connectivity index (χ4v) is 2.42. The van der Waals surface area contributed by atoms with Crippen LogP contribution in [0.5, 0.6) is 0 Å². The Kier molecular flexibility index (Phi) is 6.28. The van der Waals surface area contributed by atoms with Crippen molar-refractivity contribution in [1.29, 1.82) is 0 Å².